The summed E-state index contributed by atoms with van der Waals surface area (Å²) >= 11 is 0. The molecule has 0 fully saturated rings. The van der Waals surface area contributed by atoms with Gasteiger partial charge < -0.3 is 11.5 Å². The first-order valence-corrected chi connectivity index (χ1v) is 6.76. The van der Waals surface area contributed by atoms with E-state index in [-0.39, 0.29) is 0 Å². The number of nitrogen functional groups attached to an aromatic ring is 2. The first kappa shape index (κ1) is 15.4. The summed E-state index contributed by atoms with van der Waals surface area (Å²) in [5.74, 6) is 0. The molecule has 0 amide bonds. The van der Waals surface area contributed by atoms with Crippen LogP contribution in [0.25, 0.3) is 0 Å². The van der Waals surface area contributed by atoms with Crippen LogP contribution < -0.4 is 11.5 Å². The number of benzene rings is 1. The molecular formula is C17H26N2. The van der Waals surface area contributed by atoms with Crippen LogP contribution in [0.4, 0.5) is 11.4 Å². The molecule has 0 aliphatic heterocycles. The van der Waals surface area contributed by atoms with Crippen LogP contribution in [0.15, 0.2) is 29.4 Å². The lowest BCUT2D eigenvalue weighted by atomic mass is 9.96. The molecule has 0 spiro atoms. The van der Waals surface area contributed by atoms with Crippen LogP contribution in [0.3, 0.4) is 0 Å². The van der Waals surface area contributed by atoms with E-state index in [4.69, 9.17) is 11.5 Å². The van der Waals surface area contributed by atoms with Gasteiger partial charge in [0, 0.05) is 11.4 Å². The van der Waals surface area contributed by atoms with Crippen molar-refractivity contribution in [3.05, 3.63) is 46.1 Å². The number of nitrogens with two attached hydrogens (primary N) is 2. The van der Waals surface area contributed by atoms with E-state index >= 15 is 0 Å². The molecule has 4 N–H and O–H groups in total. The normalized spacial score (nSPS) is 10.2. The fourth-order valence-corrected chi connectivity index (χ4v) is 1.96. The molecule has 1 aromatic carbocycles. The summed E-state index contributed by atoms with van der Waals surface area (Å²) < 4.78 is 0. The highest BCUT2D eigenvalue weighted by Crippen LogP contribution is 2.28. The third kappa shape index (κ3) is 4.16. The van der Waals surface area contributed by atoms with Gasteiger partial charge in [0.15, 0.2) is 0 Å². The molecule has 2 heteroatoms. The number of anilines is 2. The second-order valence-corrected chi connectivity index (χ2v) is 5.62. The Bertz CT molecular complexity index is 470. The molecule has 0 bridgehead atoms. The van der Waals surface area contributed by atoms with E-state index in [0.717, 1.165) is 29.8 Å². The van der Waals surface area contributed by atoms with Crippen molar-refractivity contribution < 1.29 is 0 Å². The molecule has 104 valence electrons. The molecule has 0 aliphatic rings. The summed E-state index contributed by atoms with van der Waals surface area (Å²) in [5, 5.41) is 0. The predicted molar refractivity (Wildman–Crippen MR) is 86.3 cm³/mol. The molecule has 0 aromatic heterocycles. The summed E-state index contributed by atoms with van der Waals surface area (Å²) in [5.41, 5.74) is 20.0. The number of rotatable bonds is 4. The minimum Gasteiger partial charge on any atom is -0.398 e. The molecule has 0 saturated heterocycles. The Morgan fingerprint density at radius 1 is 0.895 bits per heavy atom. The minimum absolute atomic E-state index is 0.830. The van der Waals surface area contributed by atoms with Crippen molar-refractivity contribution in [2.45, 2.75) is 47.5 Å². The summed E-state index contributed by atoms with van der Waals surface area (Å²) in [6.07, 6.45) is 6.15. The van der Waals surface area contributed by atoms with Gasteiger partial charge in [-0.25, -0.2) is 0 Å². The van der Waals surface area contributed by atoms with E-state index in [2.05, 4.69) is 45.9 Å². The lowest BCUT2D eigenvalue weighted by Crippen LogP contribution is -2.05. The van der Waals surface area contributed by atoms with Gasteiger partial charge in [-0.3, -0.25) is 0 Å². The highest BCUT2D eigenvalue weighted by atomic mass is 14.6. The van der Waals surface area contributed by atoms with Crippen molar-refractivity contribution in [1.82, 2.24) is 0 Å². The van der Waals surface area contributed by atoms with E-state index < -0.39 is 0 Å². The van der Waals surface area contributed by atoms with E-state index in [9.17, 15) is 0 Å². The van der Waals surface area contributed by atoms with Crippen LogP contribution in [0, 0.1) is 6.92 Å². The maximum atomic E-state index is 6.17. The molecule has 2 nitrogen and oxygen atoms in total. The van der Waals surface area contributed by atoms with Crippen LogP contribution in [0.5, 0.6) is 0 Å². The average molecular weight is 258 g/mol. The highest BCUT2D eigenvalue weighted by molar-refractivity contribution is 5.69. The van der Waals surface area contributed by atoms with Gasteiger partial charge in [0.2, 0.25) is 0 Å². The van der Waals surface area contributed by atoms with Crippen molar-refractivity contribution in [2.75, 3.05) is 11.5 Å². The van der Waals surface area contributed by atoms with E-state index in [1.807, 2.05) is 6.92 Å². The average Bonchev–Trinajstić information content (AvgIpc) is 2.33. The van der Waals surface area contributed by atoms with E-state index in [1.54, 1.807) is 0 Å². The Hall–Kier alpha value is -1.70. The molecule has 0 radical (unpaired) electrons. The largest absolute Gasteiger partial charge is 0.398 e. The maximum absolute atomic E-state index is 6.17. The van der Waals surface area contributed by atoms with Gasteiger partial charge in [0.05, 0.1) is 0 Å². The Balaban J connectivity index is 3.19. The Labute approximate surface area is 117 Å². The monoisotopic (exact) mass is 258 g/mol. The third-order valence-corrected chi connectivity index (χ3v) is 3.31. The van der Waals surface area contributed by atoms with Crippen LogP contribution in [0.2, 0.25) is 0 Å². The van der Waals surface area contributed by atoms with Gasteiger partial charge in [-0.2, -0.15) is 0 Å². The zero-order valence-electron chi connectivity index (χ0n) is 12.8. The van der Waals surface area contributed by atoms with Crippen LogP contribution in [0.1, 0.15) is 44.4 Å². The molecule has 0 saturated carbocycles. The van der Waals surface area contributed by atoms with Crippen molar-refractivity contribution in [1.29, 1.82) is 0 Å². The second-order valence-electron chi connectivity index (χ2n) is 5.62. The second kappa shape index (κ2) is 6.46. The molecule has 0 aliphatic carbocycles. The lowest BCUT2D eigenvalue weighted by molar-refractivity contribution is 1.16. The molecule has 0 unspecified atom stereocenters. The molecule has 1 aromatic rings. The topological polar surface area (TPSA) is 52.0 Å². The standard InChI is InChI=1S/C17H26N2/c1-11(2)6-8-14-10-15(9-7-12(3)4)17(19)13(5)16(14)18/h6-7,10H,8-9,18-19H2,1-5H3. The summed E-state index contributed by atoms with van der Waals surface area (Å²) in [6, 6.07) is 2.15. The van der Waals surface area contributed by atoms with Crippen molar-refractivity contribution >= 4 is 11.4 Å². The van der Waals surface area contributed by atoms with Crippen molar-refractivity contribution in [3.8, 4) is 0 Å². The fourth-order valence-electron chi connectivity index (χ4n) is 1.96. The number of hydrogen-bond acceptors (Lipinski definition) is 2. The molecular weight excluding hydrogens is 232 g/mol. The summed E-state index contributed by atoms with van der Waals surface area (Å²) in [6.45, 7) is 10.4. The van der Waals surface area contributed by atoms with Gasteiger partial charge in [-0.05, 0) is 64.2 Å². The van der Waals surface area contributed by atoms with Gasteiger partial charge in [-0.1, -0.05) is 29.4 Å². The SMILES string of the molecule is CC(C)=CCc1cc(CC=C(C)C)c(N)c(C)c1N. The summed E-state index contributed by atoms with van der Waals surface area (Å²) in [7, 11) is 0. The van der Waals surface area contributed by atoms with E-state index in [0.29, 0.717) is 0 Å². The Kier molecular flexibility index (Phi) is 5.22. The molecule has 19 heavy (non-hydrogen) atoms. The molecule has 0 heterocycles. The van der Waals surface area contributed by atoms with Gasteiger partial charge >= 0.3 is 0 Å². The van der Waals surface area contributed by atoms with Gasteiger partial charge in [0.1, 0.15) is 0 Å². The van der Waals surface area contributed by atoms with Gasteiger partial charge in [0.25, 0.3) is 0 Å². The van der Waals surface area contributed by atoms with Crippen LogP contribution in [-0.2, 0) is 12.8 Å². The Morgan fingerprint density at radius 2 is 1.26 bits per heavy atom. The Morgan fingerprint density at radius 3 is 1.58 bits per heavy atom. The van der Waals surface area contributed by atoms with Crippen molar-refractivity contribution in [2.24, 2.45) is 0 Å². The minimum atomic E-state index is 0.830. The van der Waals surface area contributed by atoms with E-state index in [1.165, 1.54) is 22.3 Å². The van der Waals surface area contributed by atoms with Crippen molar-refractivity contribution in [3.63, 3.8) is 0 Å². The first-order valence-electron chi connectivity index (χ1n) is 6.76. The zero-order valence-corrected chi connectivity index (χ0v) is 12.8. The quantitative estimate of drug-likeness (QED) is 0.629. The molecule has 1 rings (SSSR count). The lowest BCUT2D eigenvalue weighted by Gasteiger charge is -2.14. The zero-order chi connectivity index (χ0) is 14.6. The highest BCUT2D eigenvalue weighted by Gasteiger charge is 2.09. The number of allylic oxidation sites excluding steroid dienone is 4. The number of hydrogen-bond donors (Lipinski definition) is 2. The maximum Gasteiger partial charge on any atom is 0.0400 e. The predicted octanol–water partition coefficient (Wildman–Crippen LogP) is 4.18. The van der Waals surface area contributed by atoms with Crippen LogP contribution >= 0.6 is 0 Å². The third-order valence-electron chi connectivity index (χ3n) is 3.31. The van der Waals surface area contributed by atoms with Crippen LogP contribution in [-0.4, -0.2) is 0 Å². The van der Waals surface area contributed by atoms with Gasteiger partial charge in [-0.15, -0.1) is 0 Å². The summed E-state index contributed by atoms with van der Waals surface area (Å²) in [4.78, 5) is 0. The smallest absolute Gasteiger partial charge is 0.0400 e. The fraction of sp³-hybridized carbons (Fsp3) is 0.412. The molecule has 0 atom stereocenters. The first-order chi connectivity index (χ1) is 8.82.